The van der Waals surface area contributed by atoms with Crippen LogP contribution in [-0.2, 0) is 0 Å². The van der Waals surface area contributed by atoms with Crippen LogP contribution in [0.15, 0.2) is 30.7 Å². The van der Waals surface area contributed by atoms with Crippen molar-refractivity contribution < 1.29 is 10.2 Å². The van der Waals surface area contributed by atoms with Gasteiger partial charge >= 0.3 is 0 Å². The second-order valence-corrected chi connectivity index (χ2v) is 6.17. The lowest BCUT2D eigenvalue weighted by molar-refractivity contribution is 0.0835. The number of hydrogen-bond donors (Lipinski definition) is 3. The smallest absolute Gasteiger partial charge is 0.156 e. The number of aromatic hydroxyl groups is 1. The fourth-order valence-corrected chi connectivity index (χ4v) is 2.91. The SMILES string of the molecule is Cc1cnc(-c2nnc(NC3CC(O)C3)c3ccncc23)c(O)c1. The van der Waals surface area contributed by atoms with Crippen molar-refractivity contribution >= 4 is 16.6 Å². The molecule has 4 rings (SSSR count). The van der Waals surface area contributed by atoms with Crippen LogP contribution in [0.2, 0.25) is 0 Å². The number of anilines is 1. The predicted molar refractivity (Wildman–Crippen MR) is 89.6 cm³/mol. The zero-order valence-corrected chi connectivity index (χ0v) is 13.1. The van der Waals surface area contributed by atoms with Gasteiger partial charge in [0.1, 0.15) is 17.1 Å². The van der Waals surface area contributed by atoms with Gasteiger partial charge in [0.2, 0.25) is 0 Å². The molecule has 0 bridgehead atoms. The summed E-state index contributed by atoms with van der Waals surface area (Å²) in [6.07, 6.45) is 6.24. The molecule has 24 heavy (non-hydrogen) atoms. The molecule has 0 radical (unpaired) electrons. The van der Waals surface area contributed by atoms with Gasteiger partial charge in [0.15, 0.2) is 5.82 Å². The van der Waals surface area contributed by atoms with Crippen LogP contribution < -0.4 is 5.32 Å². The number of aliphatic hydroxyl groups is 1. The fourth-order valence-electron chi connectivity index (χ4n) is 2.91. The summed E-state index contributed by atoms with van der Waals surface area (Å²) in [6.45, 7) is 1.86. The van der Waals surface area contributed by atoms with Crippen LogP contribution in [0.3, 0.4) is 0 Å². The Bertz CT molecular complexity index is 909. The van der Waals surface area contributed by atoms with Crippen LogP contribution in [-0.4, -0.2) is 42.5 Å². The molecular formula is C17H17N5O2. The third-order valence-electron chi connectivity index (χ3n) is 4.26. The van der Waals surface area contributed by atoms with Gasteiger partial charge in [-0.1, -0.05) is 0 Å². The van der Waals surface area contributed by atoms with E-state index in [0.29, 0.717) is 30.0 Å². The molecule has 0 atom stereocenters. The summed E-state index contributed by atoms with van der Waals surface area (Å²) >= 11 is 0. The first-order chi connectivity index (χ1) is 11.6. The summed E-state index contributed by atoms with van der Waals surface area (Å²) in [7, 11) is 0. The Balaban J connectivity index is 1.80. The summed E-state index contributed by atoms with van der Waals surface area (Å²) in [4.78, 5) is 8.46. The van der Waals surface area contributed by atoms with Crippen LogP contribution >= 0.6 is 0 Å². The Labute approximate surface area is 138 Å². The molecule has 3 aromatic rings. The summed E-state index contributed by atoms with van der Waals surface area (Å²) in [5.74, 6) is 0.719. The van der Waals surface area contributed by atoms with E-state index in [0.717, 1.165) is 16.3 Å². The van der Waals surface area contributed by atoms with Gasteiger partial charge in [-0.2, -0.15) is 0 Å². The Hall–Kier alpha value is -2.80. The summed E-state index contributed by atoms with van der Waals surface area (Å²) in [6, 6.07) is 3.70. The topological polar surface area (TPSA) is 104 Å². The van der Waals surface area contributed by atoms with Crippen molar-refractivity contribution in [2.75, 3.05) is 5.32 Å². The number of pyridine rings is 2. The van der Waals surface area contributed by atoms with E-state index in [1.54, 1.807) is 24.7 Å². The van der Waals surface area contributed by atoms with Crippen molar-refractivity contribution in [2.24, 2.45) is 0 Å². The highest BCUT2D eigenvalue weighted by Crippen LogP contribution is 2.34. The minimum atomic E-state index is -0.239. The van der Waals surface area contributed by atoms with Crippen molar-refractivity contribution in [1.82, 2.24) is 20.2 Å². The standard InChI is InChI=1S/C17H17N5O2/c1-9-4-14(24)16(19-7-9)15-13-8-18-3-2-12(13)17(22-21-15)20-10-5-11(23)6-10/h2-4,7-8,10-11,23-24H,5-6H2,1H3,(H,20,22). The van der Waals surface area contributed by atoms with Crippen molar-refractivity contribution in [3.05, 3.63) is 36.3 Å². The monoisotopic (exact) mass is 323 g/mol. The lowest BCUT2D eigenvalue weighted by Gasteiger charge is -2.32. The fraction of sp³-hybridized carbons (Fsp3) is 0.294. The molecule has 1 saturated carbocycles. The molecule has 122 valence electrons. The molecule has 0 aromatic carbocycles. The third-order valence-corrected chi connectivity index (χ3v) is 4.26. The van der Waals surface area contributed by atoms with Gasteiger partial charge in [-0.3, -0.25) is 9.97 Å². The molecule has 1 aliphatic rings. The minimum Gasteiger partial charge on any atom is -0.506 e. The number of aliphatic hydroxyl groups excluding tert-OH is 1. The molecule has 7 nitrogen and oxygen atoms in total. The molecule has 7 heteroatoms. The van der Waals surface area contributed by atoms with Crippen molar-refractivity contribution in [2.45, 2.75) is 31.9 Å². The number of rotatable bonds is 3. The first-order valence-electron chi connectivity index (χ1n) is 7.83. The normalized spacial score (nSPS) is 19.9. The minimum absolute atomic E-state index is 0.0669. The highest BCUT2D eigenvalue weighted by atomic mass is 16.3. The van der Waals surface area contributed by atoms with E-state index in [-0.39, 0.29) is 17.9 Å². The van der Waals surface area contributed by atoms with Crippen LogP contribution in [0.25, 0.3) is 22.2 Å². The van der Waals surface area contributed by atoms with E-state index in [2.05, 4.69) is 25.5 Å². The highest BCUT2D eigenvalue weighted by molar-refractivity contribution is 5.99. The zero-order chi connectivity index (χ0) is 16.7. The maximum Gasteiger partial charge on any atom is 0.156 e. The summed E-state index contributed by atoms with van der Waals surface area (Å²) in [5, 5.41) is 33.1. The molecule has 3 aromatic heterocycles. The third kappa shape index (κ3) is 2.52. The van der Waals surface area contributed by atoms with Gasteiger partial charge in [-0.15, -0.1) is 10.2 Å². The van der Waals surface area contributed by atoms with Crippen molar-refractivity contribution in [3.63, 3.8) is 0 Å². The Kier molecular flexibility index (Phi) is 3.50. The van der Waals surface area contributed by atoms with Crippen LogP contribution in [0.1, 0.15) is 18.4 Å². The number of aryl methyl sites for hydroxylation is 1. The Morgan fingerprint density at radius 3 is 2.71 bits per heavy atom. The van der Waals surface area contributed by atoms with Crippen LogP contribution in [0.4, 0.5) is 5.82 Å². The second kappa shape index (κ2) is 5.68. The Morgan fingerprint density at radius 2 is 1.96 bits per heavy atom. The van der Waals surface area contributed by atoms with Gasteiger partial charge in [-0.05, 0) is 37.5 Å². The van der Waals surface area contributed by atoms with Crippen molar-refractivity contribution in [3.8, 4) is 17.1 Å². The zero-order valence-electron chi connectivity index (χ0n) is 13.1. The lowest BCUT2D eigenvalue weighted by atomic mass is 9.89. The van der Waals surface area contributed by atoms with E-state index < -0.39 is 0 Å². The number of hydrogen-bond acceptors (Lipinski definition) is 7. The van der Waals surface area contributed by atoms with Gasteiger partial charge in [0.05, 0.1) is 6.10 Å². The molecule has 0 aliphatic heterocycles. The van der Waals surface area contributed by atoms with Gasteiger partial charge in [0, 0.05) is 35.4 Å². The molecule has 3 heterocycles. The van der Waals surface area contributed by atoms with Gasteiger partial charge in [-0.25, -0.2) is 0 Å². The van der Waals surface area contributed by atoms with E-state index >= 15 is 0 Å². The molecule has 1 fully saturated rings. The molecule has 0 saturated heterocycles. The maximum atomic E-state index is 10.2. The molecule has 0 spiro atoms. The molecule has 3 N–H and O–H groups in total. The average Bonchev–Trinajstić information content (AvgIpc) is 2.54. The quantitative estimate of drug-likeness (QED) is 0.677. The largest absolute Gasteiger partial charge is 0.506 e. The van der Waals surface area contributed by atoms with E-state index in [1.807, 2.05) is 13.0 Å². The average molecular weight is 323 g/mol. The number of nitrogens with zero attached hydrogens (tertiary/aromatic N) is 4. The summed E-state index contributed by atoms with van der Waals surface area (Å²) in [5.41, 5.74) is 1.75. The van der Waals surface area contributed by atoms with Gasteiger partial charge in [0.25, 0.3) is 0 Å². The van der Waals surface area contributed by atoms with E-state index in [4.69, 9.17) is 0 Å². The first kappa shape index (κ1) is 14.8. The molecule has 0 amide bonds. The van der Waals surface area contributed by atoms with Gasteiger partial charge < -0.3 is 15.5 Å². The Morgan fingerprint density at radius 1 is 1.12 bits per heavy atom. The lowest BCUT2D eigenvalue weighted by Crippen LogP contribution is -2.39. The molecule has 1 aliphatic carbocycles. The van der Waals surface area contributed by atoms with E-state index in [9.17, 15) is 10.2 Å². The highest BCUT2D eigenvalue weighted by Gasteiger charge is 2.28. The molecular weight excluding hydrogens is 306 g/mol. The maximum absolute atomic E-state index is 10.2. The predicted octanol–water partition coefficient (Wildman–Crippen LogP) is 2.04. The van der Waals surface area contributed by atoms with Crippen LogP contribution in [0.5, 0.6) is 5.75 Å². The molecule has 0 unspecified atom stereocenters. The van der Waals surface area contributed by atoms with Crippen molar-refractivity contribution in [1.29, 1.82) is 0 Å². The number of fused-ring (bicyclic) bond motifs is 1. The van der Waals surface area contributed by atoms with Crippen LogP contribution in [0, 0.1) is 6.92 Å². The summed E-state index contributed by atoms with van der Waals surface area (Å²) < 4.78 is 0. The van der Waals surface area contributed by atoms with E-state index in [1.165, 1.54) is 0 Å². The first-order valence-corrected chi connectivity index (χ1v) is 7.83. The number of nitrogens with one attached hydrogen (secondary N) is 1. The number of aromatic nitrogens is 4. The second-order valence-electron chi connectivity index (χ2n) is 6.17.